The first-order valence-corrected chi connectivity index (χ1v) is 23.2. The first kappa shape index (κ1) is 41.4. The van der Waals surface area contributed by atoms with Crippen LogP contribution in [0.15, 0.2) is 130 Å². The highest BCUT2D eigenvalue weighted by Crippen LogP contribution is 2.46. The number of hydrogen-bond donors (Lipinski definition) is 0. The van der Waals surface area contributed by atoms with Gasteiger partial charge in [0.05, 0.1) is 0 Å². The van der Waals surface area contributed by atoms with E-state index in [0.717, 1.165) is 99.5 Å². The van der Waals surface area contributed by atoms with Gasteiger partial charge in [0.25, 0.3) is 0 Å². The molecule has 11 aromatic rings. The molecule has 2 aromatic heterocycles. The molecule has 0 aliphatic heterocycles. The van der Waals surface area contributed by atoms with Crippen LogP contribution >= 0.6 is 0 Å². The van der Waals surface area contributed by atoms with Crippen LogP contribution in [0.4, 0.5) is 34.1 Å². The van der Waals surface area contributed by atoms with Gasteiger partial charge in [-0.25, -0.2) is 0 Å². The standard InChI is InChI=1S/C62H56N2O2/c1-33-23-49(24-34(2)41(33)9)63(50-25-35(3)42(10)36(4)26-50)47-15-19-53-45(31-47)13-17-55-59-57(65-61(53)55)21-22-58-60(59)56-18-14-46-32-48(16-20-54(46)62(56)66-58)64(51-27-37(5)43(11)38(6)28-51)52-29-39(7)44(12)40(8)30-52/h13-32H,1-12H3. The number of benzene rings is 9. The zero-order valence-corrected chi connectivity index (χ0v) is 40.3. The van der Waals surface area contributed by atoms with E-state index in [-0.39, 0.29) is 0 Å². The molecular formula is C62H56N2O2. The van der Waals surface area contributed by atoms with Crippen LogP contribution in [0.5, 0.6) is 0 Å². The van der Waals surface area contributed by atoms with Gasteiger partial charge in [-0.2, -0.15) is 0 Å². The summed E-state index contributed by atoms with van der Waals surface area (Å²) < 4.78 is 13.7. The second kappa shape index (κ2) is 15.1. The summed E-state index contributed by atoms with van der Waals surface area (Å²) in [4.78, 5) is 4.81. The Morgan fingerprint density at radius 2 is 0.545 bits per heavy atom. The molecule has 326 valence electrons. The summed E-state index contributed by atoms with van der Waals surface area (Å²) in [5, 5.41) is 8.77. The second-order valence-electron chi connectivity index (χ2n) is 19.2. The molecule has 0 aliphatic carbocycles. The predicted molar refractivity (Wildman–Crippen MR) is 282 cm³/mol. The number of anilines is 6. The number of rotatable bonds is 6. The van der Waals surface area contributed by atoms with Gasteiger partial charge in [-0.3, -0.25) is 0 Å². The molecule has 11 rings (SSSR count). The van der Waals surface area contributed by atoms with Crippen molar-refractivity contribution in [3.63, 3.8) is 0 Å². The number of hydrogen-bond acceptors (Lipinski definition) is 4. The molecule has 0 saturated heterocycles. The Morgan fingerprint density at radius 1 is 0.273 bits per heavy atom. The van der Waals surface area contributed by atoms with Crippen molar-refractivity contribution in [3.8, 4) is 0 Å². The fraction of sp³-hybridized carbons (Fsp3) is 0.194. The Balaban J connectivity index is 1.05. The molecule has 66 heavy (non-hydrogen) atoms. The Morgan fingerprint density at radius 3 is 0.833 bits per heavy atom. The molecule has 0 aliphatic rings. The minimum atomic E-state index is 0.855. The van der Waals surface area contributed by atoms with Crippen molar-refractivity contribution in [2.45, 2.75) is 83.1 Å². The number of aryl methyl sites for hydroxylation is 8. The molecule has 9 aromatic carbocycles. The molecule has 0 amide bonds. The van der Waals surface area contributed by atoms with Crippen LogP contribution in [0, 0.1) is 83.1 Å². The maximum Gasteiger partial charge on any atom is 0.143 e. The van der Waals surface area contributed by atoms with Gasteiger partial charge in [0.15, 0.2) is 0 Å². The van der Waals surface area contributed by atoms with E-state index in [4.69, 9.17) is 8.83 Å². The maximum atomic E-state index is 6.85. The van der Waals surface area contributed by atoms with Gasteiger partial charge in [0.2, 0.25) is 0 Å². The molecule has 0 atom stereocenters. The van der Waals surface area contributed by atoms with Crippen LogP contribution in [0.25, 0.3) is 65.4 Å². The lowest BCUT2D eigenvalue weighted by molar-refractivity contribution is 0.666. The molecular weight excluding hydrogens is 805 g/mol. The molecule has 0 N–H and O–H groups in total. The van der Waals surface area contributed by atoms with Gasteiger partial charge in [0, 0.05) is 66.4 Å². The minimum absolute atomic E-state index is 0.855. The van der Waals surface area contributed by atoms with Crippen molar-refractivity contribution in [1.82, 2.24) is 0 Å². The van der Waals surface area contributed by atoms with Crippen molar-refractivity contribution >= 4 is 99.5 Å². The molecule has 4 nitrogen and oxygen atoms in total. The molecule has 0 unspecified atom stereocenters. The Kier molecular flexibility index (Phi) is 9.50. The number of fused-ring (bicyclic) bond motifs is 11. The third-order valence-corrected chi connectivity index (χ3v) is 15.2. The summed E-state index contributed by atoms with van der Waals surface area (Å²) in [6.07, 6.45) is 0. The summed E-state index contributed by atoms with van der Waals surface area (Å²) in [7, 11) is 0. The van der Waals surface area contributed by atoms with E-state index < -0.39 is 0 Å². The molecule has 0 radical (unpaired) electrons. The average Bonchev–Trinajstić information content (AvgIpc) is 3.87. The molecule has 2 heterocycles. The lowest BCUT2D eigenvalue weighted by Crippen LogP contribution is -2.12. The average molecular weight is 861 g/mol. The van der Waals surface area contributed by atoms with Crippen LogP contribution < -0.4 is 9.80 Å². The molecule has 0 fully saturated rings. The molecule has 4 heteroatoms. The fourth-order valence-corrected chi connectivity index (χ4v) is 10.4. The molecule has 0 bridgehead atoms. The van der Waals surface area contributed by atoms with Crippen molar-refractivity contribution < 1.29 is 8.83 Å². The van der Waals surface area contributed by atoms with Gasteiger partial charge >= 0.3 is 0 Å². The zero-order chi connectivity index (χ0) is 46.0. The highest BCUT2D eigenvalue weighted by Gasteiger charge is 2.23. The van der Waals surface area contributed by atoms with E-state index in [2.05, 4.69) is 214 Å². The maximum absolute atomic E-state index is 6.85. The minimum Gasteiger partial charge on any atom is -0.455 e. The predicted octanol–water partition coefficient (Wildman–Crippen LogP) is 18.4. The topological polar surface area (TPSA) is 32.8 Å². The quantitative estimate of drug-likeness (QED) is 0.167. The summed E-state index contributed by atoms with van der Waals surface area (Å²) in [5.41, 5.74) is 26.0. The lowest BCUT2D eigenvalue weighted by Gasteiger charge is -2.28. The van der Waals surface area contributed by atoms with E-state index in [1.165, 1.54) is 66.8 Å². The third-order valence-electron chi connectivity index (χ3n) is 15.2. The Hall–Kier alpha value is -7.30. The highest BCUT2D eigenvalue weighted by atomic mass is 16.3. The SMILES string of the molecule is Cc1cc(N(c2cc(C)c(C)c(C)c2)c2ccc3c(ccc4c3oc3ccc5oc6c7ccc(N(c8cc(C)c(C)c(C)c8)c8cc(C)c(C)c(C)c8)cc7ccc6c5c34)c2)cc(C)c1C. The van der Waals surface area contributed by atoms with Gasteiger partial charge in [-0.15, -0.1) is 0 Å². The summed E-state index contributed by atoms with van der Waals surface area (Å²) in [6.45, 7) is 26.5. The smallest absolute Gasteiger partial charge is 0.143 e. The largest absolute Gasteiger partial charge is 0.455 e. The third kappa shape index (κ3) is 6.41. The molecule has 0 spiro atoms. The van der Waals surface area contributed by atoms with E-state index in [1.807, 2.05) is 0 Å². The second-order valence-corrected chi connectivity index (χ2v) is 19.2. The van der Waals surface area contributed by atoms with Gasteiger partial charge in [-0.1, -0.05) is 12.1 Å². The van der Waals surface area contributed by atoms with Crippen LogP contribution in [0.1, 0.15) is 66.8 Å². The summed E-state index contributed by atoms with van der Waals surface area (Å²) in [5.74, 6) is 0. The highest BCUT2D eigenvalue weighted by molar-refractivity contribution is 6.30. The Bertz CT molecular complexity index is 3400. The van der Waals surface area contributed by atoms with Crippen molar-refractivity contribution in [2.24, 2.45) is 0 Å². The number of furan rings is 2. The van der Waals surface area contributed by atoms with E-state index >= 15 is 0 Å². The van der Waals surface area contributed by atoms with Crippen LogP contribution in [-0.4, -0.2) is 0 Å². The number of nitrogens with zero attached hydrogens (tertiary/aromatic N) is 2. The summed E-state index contributed by atoms with van der Waals surface area (Å²) in [6, 6.07) is 45.2. The zero-order valence-electron chi connectivity index (χ0n) is 40.3. The fourth-order valence-electron chi connectivity index (χ4n) is 10.4. The van der Waals surface area contributed by atoms with Gasteiger partial charge in [0.1, 0.15) is 22.3 Å². The van der Waals surface area contributed by atoms with Crippen LogP contribution in [0.2, 0.25) is 0 Å². The van der Waals surface area contributed by atoms with Crippen molar-refractivity contribution in [2.75, 3.05) is 9.80 Å². The van der Waals surface area contributed by atoms with Crippen molar-refractivity contribution in [3.05, 3.63) is 188 Å². The van der Waals surface area contributed by atoms with Gasteiger partial charge < -0.3 is 18.6 Å². The summed E-state index contributed by atoms with van der Waals surface area (Å²) >= 11 is 0. The lowest BCUT2D eigenvalue weighted by atomic mass is 9.98. The van der Waals surface area contributed by atoms with Crippen LogP contribution in [0.3, 0.4) is 0 Å². The van der Waals surface area contributed by atoms with Crippen LogP contribution in [-0.2, 0) is 0 Å². The van der Waals surface area contributed by atoms with Crippen molar-refractivity contribution in [1.29, 1.82) is 0 Å². The Labute approximate surface area is 387 Å². The molecule has 0 saturated carbocycles. The first-order chi connectivity index (χ1) is 31.6. The first-order valence-electron chi connectivity index (χ1n) is 23.2. The monoisotopic (exact) mass is 860 g/mol. The normalized spacial score (nSPS) is 11.9. The van der Waals surface area contributed by atoms with E-state index in [0.29, 0.717) is 0 Å². The van der Waals surface area contributed by atoms with E-state index in [9.17, 15) is 0 Å². The van der Waals surface area contributed by atoms with Gasteiger partial charge in [-0.05, 0) is 270 Å². The van der Waals surface area contributed by atoms with E-state index in [1.54, 1.807) is 0 Å².